The van der Waals surface area contributed by atoms with Crippen LogP contribution in [0.3, 0.4) is 0 Å². The molecule has 1 unspecified atom stereocenters. The molecule has 112 valence electrons. The van der Waals surface area contributed by atoms with E-state index in [1.54, 1.807) is 0 Å². The van der Waals surface area contributed by atoms with Crippen LogP contribution in [0.25, 0.3) is 0 Å². The van der Waals surface area contributed by atoms with Crippen molar-refractivity contribution in [2.75, 3.05) is 13.2 Å². The molecule has 1 aliphatic rings. The maximum Gasteiger partial charge on any atom is 0.323 e. The lowest BCUT2D eigenvalue weighted by molar-refractivity contribution is -0.151. The Labute approximate surface area is 128 Å². The molecule has 0 spiro atoms. The lowest BCUT2D eigenvalue weighted by Crippen LogP contribution is -2.45. The number of likely N-dealkylation sites (tertiary alicyclic amines) is 1. The summed E-state index contributed by atoms with van der Waals surface area (Å²) in [6.07, 6.45) is 3.10. The van der Waals surface area contributed by atoms with Gasteiger partial charge in [-0.25, -0.2) is 0 Å². The SMILES string of the molecule is CCOC(=O)C1CCCCN1Cc1c(Br)c(C)nn1C. The van der Waals surface area contributed by atoms with Crippen molar-refractivity contribution in [2.45, 2.75) is 45.7 Å². The molecule has 1 aliphatic heterocycles. The first-order valence-electron chi connectivity index (χ1n) is 7.13. The van der Waals surface area contributed by atoms with Crippen LogP contribution in [0.5, 0.6) is 0 Å². The third-order valence-electron chi connectivity index (χ3n) is 3.79. The molecule has 0 aromatic carbocycles. The fourth-order valence-corrected chi connectivity index (χ4v) is 3.19. The highest BCUT2D eigenvalue weighted by Gasteiger charge is 2.31. The molecule has 1 aromatic rings. The van der Waals surface area contributed by atoms with Crippen LogP contribution >= 0.6 is 15.9 Å². The molecule has 0 N–H and O–H groups in total. The van der Waals surface area contributed by atoms with E-state index < -0.39 is 0 Å². The number of aryl methyl sites for hydroxylation is 2. The number of nitrogens with zero attached hydrogens (tertiary/aromatic N) is 3. The van der Waals surface area contributed by atoms with E-state index in [-0.39, 0.29) is 12.0 Å². The number of aromatic nitrogens is 2. The molecule has 0 amide bonds. The topological polar surface area (TPSA) is 47.4 Å². The molecular weight excluding hydrogens is 322 g/mol. The number of hydrogen-bond acceptors (Lipinski definition) is 4. The summed E-state index contributed by atoms with van der Waals surface area (Å²) in [6.45, 7) is 5.93. The van der Waals surface area contributed by atoms with Crippen LogP contribution in [0, 0.1) is 6.92 Å². The molecule has 1 aromatic heterocycles. The number of rotatable bonds is 4. The molecule has 0 aliphatic carbocycles. The van der Waals surface area contributed by atoms with Gasteiger partial charge in [0.1, 0.15) is 6.04 Å². The van der Waals surface area contributed by atoms with E-state index in [1.807, 2.05) is 25.6 Å². The van der Waals surface area contributed by atoms with E-state index >= 15 is 0 Å². The van der Waals surface area contributed by atoms with Gasteiger partial charge in [0, 0.05) is 13.6 Å². The highest BCUT2D eigenvalue weighted by molar-refractivity contribution is 9.10. The summed E-state index contributed by atoms with van der Waals surface area (Å²) in [5.41, 5.74) is 2.09. The number of ether oxygens (including phenoxy) is 1. The van der Waals surface area contributed by atoms with Crippen LogP contribution < -0.4 is 0 Å². The molecule has 0 radical (unpaired) electrons. The van der Waals surface area contributed by atoms with Crippen molar-refractivity contribution in [3.63, 3.8) is 0 Å². The predicted molar refractivity (Wildman–Crippen MR) is 80.3 cm³/mol. The summed E-state index contributed by atoms with van der Waals surface area (Å²) in [6, 6.07) is -0.120. The van der Waals surface area contributed by atoms with Crippen molar-refractivity contribution in [3.05, 3.63) is 15.9 Å². The molecule has 0 bridgehead atoms. The largest absolute Gasteiger partial charge is 0.465 e. The van der Waals surface area contributed by atoms with E-state index in [4.69, 9.17) is 4.74 Å². The number of piperidine rings is 1. The van der Waals surface area contributed by atoms with Crippen LogP contribution in [0.15, 0.2) is 4.47 Å². The third kappa shape index (κ3) is 3.23. The van der Waals surface area contributed by atoms with Crippen LogP contribution in [0.2, 0.25) is 0 Å². The molecule has 1 saturated heterocycles. The van der Waals surface area contributed by atoms with Crippen molar-refractivity contribution >= 4 is 21.9 Å². The van der Waals surface area contributed by atoms with Crippen molar-refractivity contribution < 1.29 is 9.53 Å². The van der Waals surface area contributed by atoms with Crippen molar-refractivity contribution in [1.82, 2.24) is 14.7 Å². The highest BCUT2D eigenvalue weighted by Crippen LogP contribution is 2.25. The quantitative estimate of drug-likeness (QED) is 0.787. The third-order valence-corrected chi connectivity index (χ3v) is 4.82. The molecule has 2 heterocycles. The monoisotopic (exact) mass is 343 g/mol. The molecule has 2 rings (SSSR count). The highest BCUT2D eigenvalue weighted by atomic mass is 79.9. The van der Waals surface area contributed by atoms with Crippen molar-refractivity contribution in [1.29, 1.82) is 0 Å². The van der Waals surface area contributed by atoms with Gasteiger partial charge in [-0.2, -0.15) is 5.10 Å². The first kappa shape index (κ1) is 15.5. The first-order chi connectivity index (χ1) is 9.54. The second kappa shape index (κ2) is 6.72. The Morgan fingerprint density at radius 3 is 2.85 bits per heavy atom. The van der Waals surface area contributed by atoms with Gasteiger partial charge in [0.25, 0.3) is 0 Å². The summed E-state index contributed by atoms with van der Waals surface area (Å²) in [5.74, 6) is -0.0952. The van der Waals surface area contributed by atoms with Crippen LogP contribution in [-0.4, -0.2) is 39.8 Å². The lowest BCUT2D eigenvalue weighted by Gasteiger charge is -2.33. The van der Waals surface area contributed by atoms with Gasteiger partial charge in [-0.1, -0.05) is 6.42 Å². The van der Waals surface area contributed by atoms with E-state index in [0.717, 1.165) is 48.2 Å². The summed E-state index contributed by atoms with van der Waals surface area (Å²) in [7, 11) is 1.94. The van der Waals surface area contributed by atoms with Crippen molar-refractivity contribution in [2.24, 2.45) is 7.05 Å². The minimum absolute atomic E-state index is 0.0952. The zero-order valence-electron chi connectivity index (χ0n) is 12.4. The maximum atomic E-state index is 12.1. The second-order valence-corrected chi connectivity index (χ2v) is 6.00. The normalized spacial score (nSPS) is 20.1. The Balaban J connectivity index is 2.14. The summed E-state index contributed by atoms with van der Waals surface area (Å²) < 4.78 is 8.12. The Morgan fingerprint density at radius 2 is 2.25 bits per heavy atom. The zero-order valence-corrected chi connectivity index (χ0v) is 13.9. The average molecular weight is 344 g/mol. The number of halogens is 1. The molecule has 20 heavy (non-hydrogen) atoms. The average Bonchev–Trinajstić information content (AvgIpc) is 2.66. The number of hydrogen-bond donors (Lipinski definition) is 0. The standard InChI is InChI=1S/C14H22BrN3O2/c1-4-20-14(19)11-7-5-6-8-18(11)9-12-13(15)10(2)16-17(12)3/h11H,4-9H2,1-3H3. The molecule has 0 saturated carbocycles. The van der Waals surface area contributed by atoms with Gasteiger partial charge in [0.05, 0.1) is 22.5 Å². The number of carbonyl (C=O) groups excluding carboxylic acids is 1. The van der Waals surface area contributed by atoms with Crippen LogP contribution in [0.1, 0.15) is 37.6 Å². The first-order valence-corrected chi connectivity index (χ1v) is 7.92. The van der Waals surface area contributed by atoms with E-state index in [2.05, 4.69) is 25.9 Å². The van der Waals surface area contributed by atoms with Gasteiger partial charge in [-0.3, -0.25) is 14.4 Å². The Kier molecular flexibility index (Phi) is 5.21. The molecule has 1 fully saturated rings. The van der Waals surface area contributed by atoms with Gasteiger partial charge < -0.3 is 4.74 Å². The van der Waals surface area contributed by atoms with Gasteiger partial charge in [0.15, 0.2) is 0 Å². The molecule has 5 nitrogen and oxygen atoms in total. The summed E-state index contributed by atoms with van der Waals surface area (Å²) >= 11 is 3.59. The van der Waals surface area contributed by atoms with Crippen LogP contribution in [-0.2, 0) is 23.1 Å². The smallest absolute Gasteiger partial charge is 0.323 e. The van der Waals surface area contributed by atoms with E-state index in [1.165, 1.54) is 0 Å². The second-order valence-electron chi connectivity index (χ2n) is 5.20. The minimum Gasteiger partial charge on any atom is -0.465 e. The van der Waals surface area contributed by atoms with E-state index in [9.17, 15) is 4.79 Å². The Hall–Kier alpha value is -0.880. The van der Waals surface area contributed by atoms with Crippen molar-refractivity contribution in [3.8, 4) is 0 Å². The molecule has 6 heteroatoms. The van der Waals surface area contributed by atoms with Gasteiger partial charge in [-0.15, -0.1) is 0 Å². The fourth-order valence-electron chi connectivity index (χ4n) is 2.73. The summed E-state index contributed by atoms with van der Waals surface area (Å²) in [4.78, 5) is 14.3. The fraction of sp³-hybridized carbons (Fsp3) is 0.714. The van der Waals surface area contributed by atoms with Gasteiger partial charge >= 0.3 is 5.97 Å². The number of carbonyl (C=O) groups is 1. The predicted octanol–water partition coefficient (Wildman–Crippen LogP) is 2.41. The zero-order chi connectivity index (χ0) is 14.7. The Morgan fingerprint density at radius 1 is 1.50 bits per heavy atom. The minimum atomic E-state index is -0.120. The molecule has 1 atom stereocenters. The number of esters is 1. The summed E-state index contributed by atoms with van der Waals surface area (Å²) in [5, 5.41) is 4.41. The molecular formula is C14H22BrN3O2. The van der Waals surface area contributed by atoms with E-state index in [0.29, 0.717) is 6.61 Å². The lowest BCUT2D eigenvalue weighted by atomic mass is 10.0. The van der Waals surface area contributed by atoms with Crippen LogP contribution in [0.4, 0.5) is 0 Å². The Bertz CT molecular complexity index is 487. The van der Waals surface area contributed by atoms with Gasteiger partial charge in [-0.05, 0) is 49.2 Å². The van der Waals surface area contributed by atoms with Gasteiger partial charge in [0.2, 0.25) is 0 Å². The maximum absolute atomic E-state index is 12.1.